The number of hydrogen-bond donors (Lipinski definition) is 0. The maximum absolute atomic E-state index is 13.6. The number of para-hydroxylation sites is 2. The molecule has 1 unspecified atom stereocenters. The Morgan fingerprint density at radius 2 is 1.66 bits per heavy atom. The molecular weight excluding hydrogens is 522 g/mol. The summed E-state index contributed by atoms with van der Waals surface area (Å²) in [6, 6.07) is 27.2. The minimum atomic E-state index is -0.957. The average Bonchev–Trinajstić information content (AvgIpc) is 3.45. The van der Waals surface area contributed by atoms with Crippen molar-refractivity contribution in [3.63, 3.8) is 0 Å². The summed E-state index contributed by atoms with van der Waals surface area (Å²) < 4.78 is 13.5. The first-order valence-corrected chi connectivity index (χ1v) is 12.8. The summed E-state index contributed by atoms with van der Waals surface area (Å²) in [5.41, 5.74) is 1.47. The molecule has 4 heterocycles. The van der Waals surface area contributed by atoms with E-state index in [1.165, 1.54) is 16.9 Å². The third kappa shape index (κ3) is 3.44. The molecule has 8 rings (SSSR count). The van der Waals surface area contributed by atoms with E-state index >= 15 is 0 Å². The quantitative estimate of drug-likeness (QED) is 0.147. The van der Waals surface area contributed by atoms with Crippen LogP contribution in [0.3, 0.4) is 0 Å². The highest BCUT2D eigenvalue weighted by molar-refractivity contribution is 5.88. The van der Waals surface area contributed by atoms with Crippen LogP contribution in [0, 0.1) is 10.1 Å². The number of benzene rings is 4. The highest BCUT2D eigenvalue weighted by Crippen LogP contribution is 2.50. The molecule has 1 atom stereocenters. The fraction of sp³-hybridized carbons (Fsp3) is 0.0323. The van der Waals surface area contributed by atoms with Crippen LogP contribution in [0.1, 0.15) is 22.6 Å². The Morgan fingerprint density at radius 1 is 0.878 bits per heavy atom. The zero-order chi connectivity index (χ0) is 27.7. The van der Waals surface area contributed by atoms with Gasteiger partial charge in [-0.05, 0) is 29.0 Å². The number of nitro benzene ring substituents is 1. The van der Waals surface area contributed by atoms with Crippen LogP contribution in [0.5, 0.6) is 11.6 Å². The van der Waals surface area contributed by atoms with Crippen molar-refractivity contribution in [3.8, 4) is 23.0 Å². The molecule has 0 saturated heterocycles. The molecule has 0 saturated carbocycles. The molecule has 10 heteroatoms. The first kappa shape index (κ1) is 23.0. The Bertz CT molecular complexity index is 2270. The predicted octanol–water partition coefficient (Wildman–Crippen LogP) is 6.25. The predicted molar refractivity (Wildman–Crippen MR) is 150 cm³/mol. The van der Waals surface area contributed by atoms with Crippen LogP contribution in [0.2, 0.25) is 0 Å². The Balaban J connectivity index is 1.43. The number of rotatable bonds is 3. The lowest BCUT2D eigenvalue weighted by molar-refractivity contribution is -0.385. The molecule has 0 bridgehead atoms. The smallest absolute Gasteiger partial charge is 0.344 e. The molecule has 7 aromatic rings. The molecule has 10 nitrogen and oxygen atoms in total. The Labute approximate surface area is 230 Å². The number of hydrogen-bond acceptors (Lipinski definition) is 8. The van der Waals surface area contributed by atoms with Crippen molar-refractivity contribution in [2.45, 2.75) is 5.92 Å². The van der Waals surface area contributed by atoms with E-state index in [2.05, 4.69) is 10.1 Å². The van der Waals surface area contributed by atoms with Gasteiger partial charge in [0.05, 0.1) is 27.4 Å². The maximum atomic E-state index is 13.6. The molecule has 41 heavy (non-hydrogen) atoms. The van der Waals surface area contributed by atoms with Crippen LogP contribution in [0.15, 0.2) is 107 Å². The van der Waals surface area contributed by atoms with Gasteiger partial charge < -0.3 is 9.15 Å². The summed E-state index contributed by atoms with van der Waals surface area (Å²) >= 11 is 0. The molecule has 0 amide bonds. The van der Waals surface area contributed by atoms with Gasteiger partial charge in [0.25, 0.3) is 5.69 Å². The summed E-state index contributed by atoms with van der Waals surface area (Å²) in [4.78, 5) is 34.6. The van der Waals surface area contributed by atoms with Crippen molar-refractivity contribution in [1.82, 2.24) is 19.6 Å². The summed E-state index contributed by atoms with van der Waals surface area (Å²) in [6.45, 7) is 0. The van der Waals surface area contributed by atoms with Gasteiger partial charge in [0.2, 0.25) is 5.88 Å². The third-order valence-corrected chi connectivity index (χ3v) is 7.41. The Morgan fingerprint density at radius 3 is 2.54 bits per heavy atom. The summed E-state index contributed by atoms with van der Waals surface area (Å²) in [7, 11) is 0. The fourth-order valence-corrected chi connectivity index (χ4v) is 5.59. The highest BCUT2D eigenvalue weighted by Gasteiger charge is 2.40. The molecule has 0 N–H and O–H groups in total. The molecule has 3 aromatic heterocycles. The van der Waals surface area contributed by atoms with Crippen LogP contribution >= 0.6 is 0 Å². The van der Waals surface area contributed by atoms with Crippen LogP contribution in [0.4, 0.5) is 5.69 Å². The largest absolute Gasteiger partial charge is 0.437 e. The minimum absolute atomic E-state index is 0.135. The second kappa shape index (κ2) is 8.55. The molecule has 1 aliphatic heterocycles. The van der Waals surface area contributed by atoms with E-state index in [9.17, 15) is 14.9 Å². The van der Waals surface area contributed by atoms with Gasteiger partial charge in [-0.1, -0.05) is 66.7 Å². The SMILES string of the molecule is O=c1oc2ccccc2c2c1C(c1ccccc1[N+](=O)[O-])c1c(ncn3nc(-c4ccc5ccccc5c4)nc13)O2. The molecule has 0 radical (unpaired) electrons. The zero-order valence-corrected chi connectivity index (χ0v) is 21.1. The van der Waals surface area contributed by atoms with Crippen LogP contribution < -0.4 is 10.4 Å². The van der Waals surface area contributed by atoms with Crippen molar-refractivity contribution < 1.29 is 14.1 Å². The fourth-order valence-electron chi connectivity index (χ4n) is 5.59. The average molecular weight is 540 g/mol. The van der Waals surface area contributed by atoms with Gasteiger partial charge in [0, 0.05) is 17.2 Å². The van der Waals surface area contributed by atoms with E-state index in [1.54, 1.807) is 42.5 Å². The molecular formula is C31H17N5O5. The lowest BCUT2D eigenvalue weighted by Crippen LogP contribution is -2.23. The van der Waals surface area contributed by atoms with Crippen molar-refractivity contribution >= 4 is 33.1 Å². The van der Waals surface area contributed by atoms with Gasteiger partial charge in [0.15, 0.2) is 17.2 Å². The zero-order valence-electron chi connectivity index (χ0n) is 21.1. The van der Waals surface area contributed by atoms with Gasteiger partial charge in [0.1, 0.15) is 11.9 Å². The standard InChI is InChI=1S/C31H17N5O5/c37-31-25-24(20-9-3-5-11-22(20)36(38)39)26-29-33-28(19-14-13-17-7-1-2-8-18(17)15-19)34-35(29)16-32-30(26)41-27(25)21-10-4-6-12-23(21)40-31/h1-16,24H. The monoisotopic (exact) mass is 539 g/mol. The van der Waals surface area contributed by atoms with E-state index in [1.807, 2.05) is 42.5 Å². The number of fused-ring (bicyclic) bond motifs is 7. The first-order chi connectivity index (χ1) is 20.1. The lowest BCUT2D eigenvalue weighted by atomic mass is 9.83. The van der Waals surface area contributed by atoms with Gasteiger partial charge in [-0.15, -0.1) is 5.10 Å². The van der Waals surface area contributed by atoms with Crippen molar-refractivity contribution in [3.05, 3.63) is 135 Å². The van der Waals surface area contributed by atoms with E-state index in [0.29, 0.717) is 28.0 Å². The molecule has 0 fully saturated rings. The molecule has 0 aliphatic carbocycles. The van der Waals surface area contributed by atoms with E-state index in [0.717, 1.165) is 16.3 Å². The van der Waals surface area contributed by atoms with Gasteiger partial charge in [-0.2, -0.15) is 0 Å². The van der Waals surface area contributed by atoms with Crippen molar-refractivity contribution in [2.24, 2.45) is 0 Å². The van der Waals surface area contributed by atoms with Crippen molar-refractivity contribution in [2.75, 3.05) is 0 Å². The van der Waals surface area contributed by atoms with Gasteiger partial charge in [-0.25, -0.2) is 19.3 Å². The molecule has 196 valence electrons. The second-order valence-corrected chi connectivity index (χ2v) is 9.71. The number of aromatic nitrogens is 4. The van der Waals surface area contributed by atoms with Gasteiger partial charge in [-0.3, -0.25) is 10.1 Å². The van der Waals surface area contributed by atoms with E-state index < -0.39 is 16.5 Å². The molecule has 4 aromatic carbocycles. The molecule has 1 aliphatic rings. The second-order valence-electron chi connectivity index (χ2n) is 9.71. The maximum Gasteiger partial charge on any atom is 0.344 e. The summed E-state index contributed by atoms with van der Waals surface area (Å²) in [5, 5.41) is 19.5. The lowest BCUT2D eigenvalue weighted by Gasteiger charge is -2.27. The summed E-state index contributed by atoms with van der Waals surface area (Å²) in [6.07, 6.45) is 1.49. The number of ether oxygens (including phenoxy) is 1. The number of nitro groups is 1. The van der Waals surface area contributed by atoms with Crippen LogP contribution in [-0.2, 0) is 0 Å². The summed E-state index contributed by atoms with van der Waals surface area (Å²) in [5.74, 6) is -0.0929. The minimum Gasteiger partial charge on any atom is -0.437 e. The Kier molecular flexibility index (Phi) is 4.80. The topological polar surface area (TPSA) is 126 Å². The third-order valence-electron chi connectivity index (χ3n) is 7.41. The first-order valence-electron chi connectivity index (χ1n) is 12.8. The Hall–Kier alpha value is -5.90. The highest BCUT2D eigenvalue weighted by atomic mass is 16.6. The normalized spacial score (nSPS) is 14.1. The molecule has 0 spiro atoms. The number of nitrogens with zero attached hydrogens (tertiary/aromatic N) is 5. The van der Waals surface area contributed by atoms with Crippen molar-refractivity contribution in [1.29, 1.82) is 0 Å². The van der Waals surface area contributed by atoms with E-state index in [-0.39, 0.29) is 28.4 Å². The van der Waals surface area contributed by atoms with Gasteiger partial charge >= 0.3 is 5.63 Å². The van der Waals surface area contributed by atoms with Crippen LogP contribution in [0.25, 0.3) is 38.8 Å². The van der Waals surface area contributed by atoms with Crippen LogP contribution in [-0.4, -0.2) is 24.5 Å². The van der Waals surface area contributed by atoms with E-state index in [4.69, 9.17) is 14.1 Å².